The van der Waals surface area contributed by atoms with Crippen molar-refractivity contribution in [2.75, 3.05) is 19.6 Å². The van der Waals surface area contributed by atoms with Crippen molar-refractivity contribution in [1.29, 1.82) is 0 Å². The van der Waals surface area contributed by atoms with Crippen LogP contribution in [0.5, 0.6) is 0 Å². The van der Waals surface area contributed by atoms with E-state index in [0.717, 1.165) is 32.5 Å². The minimum atomic E-state index is -1.48. The number of amides is 1. The van der Waals surface area contributed by atoms with E-state index in [1.165, 1.54) is 11.3 Å². The zero-order valence-electron chi connectivity index (χ0n) is 12.1. The van der Waals surface area contributed by atoms with Gasteiger partial charge in [0.15, 0.2) is 5.60 Å². The maximum atomic E-state index is 12.7. The summed E-state index contributed by atoms with van der Waals surface area (Å²) in [7, 11) is 0. The lowest BCUT2D eigenvalue weighted by Crippen LogP contribution is -2.59. The predicted octanol–water partition coefficient (Wildman–Crippen LogP) is 1.72. The van der Waals surface area contributed by atoms with Gasteiger partial charge in [0.05, 0.1) is 0 Å². The molecular formula is C16H22N2O2S. The van der Waals surface area contributed by atoms with Crippen LogP contribution < -0.4 is 5.32 Å². The van der Waals surface area contributed by atoms with Crippen LogP contribution in [0.15, 0.2) is 30.2 Å². The lowest BCUT2D eigenvalue weighted by Gasteiger charge is -2.45. The van der Waals surface area contributed by atoms with Gasteiger partial charge in [-0.05, 0) is 43.3 Å². The molecule has 114 valence electrons. The fourth-order valence-corrected chi connectivity index (χ4v) is 4.28. The van der Waals surface area contributed by atoms with Gasteiger partial charge in [-0.25, -0.2) is 0 Å². The average Bonchev–Trinajstić information content (AvgIpc) is 3.03. The Labute approximate surface area is 129 Å². The van der Waals surface area contributed by atoms with E-state index in [2.05, 4.69) is 16.8 Å². The van der Waals surface area contributed by atoms with Gasteiger partial charge in [0.1, 0.15) is 0 Å². The highest BCUT2D eigenvalue weighted by Crippen LogP contribution is 2.32. The third-order valence-corrected chi connectivity index (χ3v) is 5.74. The first-order chi connectivity index (χ1) is 10.1. The Kier molecular flexibility index (Phi) is 4.15. The molecule has 1 amide bonds. The number of nitrogens with zero attached hydrogens (tertiary/aromatic N) is 1. The first-order valence-corrected chi connectivity index (χ1v) is 8.42. The predicted molar refractivity (Wildman–Crippen MR) is 84.1 cm³/mol. The monoisotopic (exact) mass is 306 g/mol. The van der Waals surface area contributed by atoms with Crippen molar-refractivity contribution in [1.82, 2.24) is 10.2 Å². The highest BCUT2D eigenvalue weighted by molar-refractivity contribution is 7.10. The zero-order valence-corrected chi connectivity index (χ0v) is 12.9. The van der Waals surface area contributed by atoms with Gasteiger partial charge < -0.3 is 15.3 Å². The number of thiophene rings is 1. The van der Waals surface area contributed by atoms with Crippen molar-refractivity contribution in [3.8, 4) is 0 Å². The van der Waals surface area contributed by atoms with Crippen LogP contribution in [0.1, 0.15) is 24.1 Å². The fraction of sp³-hybridized carbons (Fsp3) is 0.562. The number of aliphatic hydroxyl groups is 1. The quantitative estimate of drug-likeness (QED) is 0.815. The molecule has 1 aromatic heterocycles. The summed E-state index contributed by atoms with van der Waals surface area (Å²) in [6.07, 6.45) is 4.13. The van der Waals surface area contributed by atoms with Crippen molar-refractivity contribution in [2.24, 2.45) is 5.92 Å². The van der Waals surface area contributed by atoms with Gasteiger partial charge in [-0.2, -0.15) is 0 Å². The lowest BCUT2D eigenvalue weighted by atomic mass is 9.83. The number of rotatable bonds is 5. The molecule has 0 saturated carbocycles. The molecule has 4 heterocycles. The first-order valence-electron chi connectivity index (χ1n) is 7.54. The Morgan fingerprint density at radius 3 is 2.86 bits per heavy atom. The Hall–Kier alpha value is -1.17. The molecule has 5 heteroatoms. The maximum absolute atomic E-state index is 12.7. The summed E-state index contributed by atoms with van der Waals surface area (Å²) in [5.74, 6) is 0.263. The molecule has 2 bridgehead atoms. The van der Waals surface area contributed by atoms with E-state index in [-0.39, 0.29) is 18.4 Å². The minimum Gasteiger partial charge on any atom is -0.374 e. The minimum absolute atomic E-state index is 0.163. The molecule has 0 aliphatic carbocycles. The molecule has 2 atom stereocenters. The second kappa shape index (κ2) is 5.91. The van der Waals surface area contributed by atoms with Crippen molar-refractivity contribution < 1.29 is 9.90 Å². The number of carbonyl (C=O) groups is 1. The van der Waals surface area contributed by atoms with Crippen LogP contribution in [-0.4, -0.2) is 41.6 Å². The average molecular weight is 306 g/mol. The summed E-state index contributed by atoms with van der Waals surface area (Å²) in [4.78, 5) is 15.8. The molecule has 4 rings (SSSR count). The normalized spacial score (nSPS) is 30.6. The Morgan fingerprint density at radius 2 is 2.33 bits per heavy atom. The Morgan fingerprint density at radius 1 is 1.57 bits per heavy atom. The second-order valence-corrected chi connectivity index (χ2v) is 7.00. The van der Waals surface area contributed by atoms with Crippen LogP contribution in [0.3, 0.4) is 0 Å². The molecule has 3 aliphatic rings. The van der Waals surface area contributed by atoms with E-state index in [9.17, 15) is 9.90 Å². The SMILES string of the molecule is C=CCC(O)(C(=O)NC1CN2CCC1CC2)c1cccs1. The van der Waals surface area contributed by atoms with E-state index < -0.39 is 5.60 Å². The molecule has 2 N–H and O–H groups in total. The second-order valence-electron chi connectivity index (χ2n) is 6.05. The van der Waals surface area contributed by atoms with Gasteiger partial charge in [-0.1, -0.05) is 12.1 Å². The standard InChI is InChI=1S/C16H22N2O2S/c1-2-7-16(20,14-4-3-10-21-14)15(19)17-13-11-18-8-5-12(13)6-9-18/h2-4,10,12-13,20H,1,5-9,11H2,(H,17,19). The molecule has 3 fully saturated rings. The Bertz CT molecular complexity index is 508. The summed E-state index contributed by atoms with van der Waals surface area (Å²) in [6.45, 7) is 6.86. The van der Waals surface area contributed by atoms with Gasteiger partial charge in [0.25, 0.3) is 5.91 Å². The van der Waals surface area contributed by atoms with Gasteiger partial charge in [-0.15, -0.1) is 17.9 Å². The number of fused-ring (bicyclic) bond motifs is 3. The van der Waals surface area contributed by atoms with Gasteiger partial charge in [0, 0.05) is 23.9 Å². The Balaban J connectivity index is 1.74. The largest absolute Gasteiger partial charge is 0.374 e. The van der Waals surface area contributed by atoms with Crippen LogP contribution in [0.25, 0.3) is 0 Å². The summed E-state index contributed by atoms with van der Waals surface area (Å²) in [5.41, 5.74) is -1.48. The number of hydrogen-bond acceptors (Lipinski definition) is 4. The van der Waals surface area contributed by atoms with E-state index >= 15 is 0 Å². The van der Waals surface area contributed by atoms with Crippen molar-refractivity contribution in [3.05, 3.63) is 35.0 Å². The fourth-order valence-electron chi connectivity index (χ4n) is 3.44. The lowest BCUT2D eigenvalue weighted by molar-refractivity contribution is -0.142. The van der Waals surface area contributed by atoms with E-state index in [1.54, 1.807) is 6.08 Å². The van der Waals surface area contributed by atoms with Crippen LogP contribution in [0.4, 0.5) is 0 Å². The molecule has 21 heavy (non-hydrogen) atoms. The summed E-state index contributed by atoms with van der Waals surface area (Å²) in [6, 6.07) is 3.83. The molecule has 2 unspecified atom stereocenters. The first kappa shape index (κ1) is 14.8. The molecule has 0 radical (unpaired) electrons. The molecule has 3 aliphatic heterocycles. The summed E-state index contributed by atoms with van der Waals surface area (Å²) >= 11 is 1.41. The molecule has 1 aromatic rings. The molecule has 0 spiro atoms. The van der Waals surface area contributed by atoms with Crippen molar-refractivity contribution in [3.63, 3.8) is 0 Å². The topological polar surface area (TPSA) is 52.6 Å². The van der Waals surface area contributed by atoms with Crippen LogP contribution in [-0.2, 0) is 10.4 Å². The van der Waals surface area contributed by atoms with Gasteiger partial charge in [0.2, 0.25) is 0 Å². The van der Waals surface area contributed by atoms with Crippen LogP contribution >= 0.6 is 11.3 Å². The van der Waals surface area contributed by atoms with Crippen LogP contribution in [0, 0.1) is 5.92 Å². The van der Waals surface area contributed by atoms with Crippen molar-refractivity contribution >= 4 is 17.2 Å². The molecule has 0 aromatic carbocycles. The molecule has 4 nitrogen and oxygen atoms in total. The van der Waals surface area contributed by atoms with Gasteiger partial charge >= 0.3 is 0 Å². The zero-order chi connectivity index (χ0) is 14.9. The number of hydrogen-bond donors (Lipinski definition) is 2. The number of nitrogens with one attached hydrogen (secondary N) is 1. The highest BCUT2D eigenvalue weighted by Gasteiger charge is 2.42. The highest BCUT2D eigenvalue weighted by atomic mass is 32.1. The number of carbonyl (C=O) groups excluding carboxylic acids is 1. The number of piperidine rings is 3. The van der Waals surface area contributed by atoms with Crippen molar-refractivity contribution in [2.45, 2.75) is 30.9 Å². The van der Waals surface area contributed by atoms with E-state index in [1.807, 2.05) is 17.5 Å². The molecule has 3 saturated heterocycles. The third kappa shape index (κ3) is 2.78. The van der Waals surface area contributed by atoms with E-state index in [0.29, 0.717) is 10.8 Å². The third-order valence-electron chi connectivity index (χ3n) is 4.72. The summed E-state index contributed by atoms with van der Waals surface area (Å²) in [5, 5.41) is 15.8. The van der Waals surface area contributed by atoms with Gasteiger partial charge in [-0.3, -0.25) is 4.79 Å². The van der Waals surface area contributed by atoms with E-state index in [4.69, 9.17) is 0 Å². The van der Waals surface area contributed by atoms with Crippen LogP contribution in [0.2, 0.25) is 0 Å². The maximum Gasteiger partial charge on any atom is 0.258 e. The molecular weight excluding hydrogens is 284 g/mol. The smallest absolute Gasteiger partial charge is 0.258 e. The summed E-state index contributed by atoms with van der Waals surface area (Å²) < 4.78 is 0.